The van der Waals surface area contributed by atoms with Crippen molar-refractivity contribution in [3.8, 4) is 6.07 Å². The molecule has 3 rings (SSSR count). The molecule has 1 saturated heterocycles. The molecule has 24 heavy (non-hydrogen) atoms. The molecular formula is C19H23N3O2. The number of hydrogen-bond acceptors (Lipinski definition) is 4. The summed E-state index contributed by atoms with van der Waals surface area (Å²) in [6.45, 7) is 5.67. The van der Waals surface area contributed by atoms with Gasteiger partial charge in [-0.1, -0.05) is 12.1 Å². The second kappa shape index (κ2) is 6.27. The van der Waals surface area contributed by atoms with E-state index < -0.39 is 5.60 Å². The third-order valence-electron chi connectivity index (χ3n) is 4.50. The topological polar surface area (TPSA) is 66.2 Å². The summed E-state index contributed by atoms with van der Waals surface area (Å²) >= 11 is 0. The van der Waals surface area contributed by atoms with Gasteiger partial charge in [0, 0.05) is 17.8 Å². The molecule has 5 nitrogen and oxygen atoms in total. The van der Waals surface area contributed by atoms with E-state index in [4.69, 9.17) is 4.74 Å². The normalized spacial score (nSPS) is 23.2. The third kappa shape index (κ3) is 3.28. The van der Waals surface area contributed by atoms with Crippen molar-refractivity contribution in [3.63, 3.8) is 0 Å². The minimum absolute atomic E-state index is 0.0362. The fourth-order valence-electron chi connectivity index (χ4n) is 3.58. The maximum absolute atomic E-state index is 12.6. The van der Waals surface area contributed by atoms with Crippen LogP contribution in [0.3, 0.4) is 0 Å². The number of amides is 1. The zero-order valence-corrected chi connectivity index (χ0v) is 14.5. The van der Waals surface area contributed by atoms with Gasteiger partial charge in [-0.05, 0) is 58.1 Å². The van der Waals surface area contributed by atoms with Gasteiger partial charge in [0.2, 0.25) is 0 Å². The first-order chi connectivity index (χ1) is 11.4. The van der Waals surface area contributed by atoms with Crippen molar-refractivity contribution in [1.29, 1.82) is 5.26 Å². The van der Waals surface area contributed by atoms with Gasteiger partial charge in [0.25, 0.3) is 0 Å². The molecule has 2 aliphatic heterocycles. The van der Waals surface area contributed by atoms with Gasteiger partial charge in [-0.2, -0.15) is 5.26 Å². The Labute approximate surface area is 142 Å². The number of nitriles is 1. The SMILES string of the molecule is CC(C)(C)OC(=O)N1C2C=C(c3cccnc3C#N)CC1CCC2. The van der Waals surface area contributed by atoms with Gasteiger partial charge in [0.1, 0.15) is 17.4 Å². The van der Waals surface area contributed by atoms with Crippen LogP contribution in [-0.2, 0) is 4.74 Å². The molecule has 126 valence electrons. The average Bonchev–Trinajstić information content (AvgIpc) is 2.52. The van der Waals surface area contributed by atoms with Gasteiger partial charge in [0.05, 0.1) is 6.04 Å². The fraction of sp³-hybridized carbons (Fsp3) is 0.526. The molecule has 2 bridgehead atoms. The van der Waals surface area contributed by atoms with Crippen molar-refractivity contribution >= 4 is 11.7 Å². The predicted molar refractivity (Wildman–Crippen MR) is 91.0 cm³/mol. The average molecular weight is 325 g/mol. The number of nitrogens with zero attached hydrogens (tertiary/aromatic N) is 3. The lowest BCUT2D eigenvalue weighted by atomic mass is 9.83. The molecular weight excluding hydrogens is 302 g/mol. The van der Waals surface area contributed by atoms with Crippen molar-refractivity contribution in [1.82, 2.24) is 9.88 Å². The zero-order chi connectivity index (χ0) is 17.3. The molecule has 1 aromatic heterocycles. The molecule has 5 heteroatoms. The number of hydrogen-bond donors (Lipinski definition) is 0. The number of carbonyl (C=O) groups is 1. The third-order valence-corrected chi connectivity index (χ3v) is 4.50. The van der Waals surface area contributed by atoms with Crippen LogP contribution in [0, 0.1) is 11.3 Å². The van der Waals surface area contributed by atoms with Gasteiger partial charge >= 0.3 is 6.09 Å². The Bertz CT molecular complexity index is 712. The van der Waals surface area contributed by atoms with Gasteiger partial charge in [0.15, 0.2) is 0 Å². The summed E-state index contributed by atoms with van der Waals surface area (Å²) in [6, 6.07) is 6.13. The number of carbonyl (C=O) groups excluding carboxylic acids is 1. The molecule has 1 amide bonds. The Morgan fingerprint density at radius 2 is 2.21 bits per heavy atom. The lowest BCUT2D eigenvalue weighted by molar-refractivity contribution is 0.0000851. The first-order valence-electron chi connectivity index (χ1n) is 8.46. The van der Waals surface area contributed by atoms with Crippen molar-refractivity contribution in [2.75, 3.05) is 0 Å². The Hall–Kier alpha value is -2.35. The summed E-state index contributed by atoms with van der Waals surface area (Å²) in [5.74, 6) is 0. The number of rotatable bonds is 1. The molecule has 0 radical (unpaired) electrons. The van der Waals surface area contributed by atoms with Crippen LogP contribution in [0.5, 0.6) is 0 Å². The van der Waals surface area contributed by atoms with Crippen LogP contribution >= 0.6 is 0 Å². The van der Waals surface area contributed by atoms with Crippen LogP contribution in [0.15, 0.2) is 24.4 Å². The van der Waals surface area contributed by atoms with Crippen LogP contribution in [0.4, 0.5) is 4.79 Å². The Morgan fingerprint density at radius 3 is 2.88 bits per heavy atom. The summed E-state index contributed by atoms with van der Waals surface area (Å²) < 4.78 is 5.59. The molecule has 2 aliphatic rings. The monoisotopic (exact) mass is 325 g/mol. The maximum Gasteiger partial charge on any atom is 0.411 e. The second-order valence-corrected chi connectivity index (χ2v) is 7.45. The maximum atomic E-state index is 12.6. The minimum Gasteiger partial charge on any atom is -0.444 e. The van der Waals surface area contributed by atoms with E-state index in [0.29, 0.717) is 5.69 Å². The highest BCUT2D eigenvalue weighted by Crippen LogP contribution is 2.38. The van der Waals surface area contributed by atoms with Crippen LogP contribution < -0.4 is 0 Å². The van der Waals surface area contributed by atoms with Crippen molar-refractivity contribution < 1.29 is 9.53 Å². The minimum atomic E-state index is -0.493. The number of ether oxygens (including phenoxy) is 1. The smallest absolute Gasteiger partial charge is 0.411 e. The van der Waals surface area contributed by atoms with Crippen molar-refractivity contribution in [3.05, 3.63) is 35.7 Å². The van der Waals surface area contributed by atoms with Gasteiger partial charge in [-0.25, -0.2) is 9.78 Å². The summed E-state index contributed by atoms with van der Waals surface area (Å²) in [4.78, 5) is 18.7. The largest absolute Gasteiger partial charge is 0.444 e. The molecule has 0 N–H and O–H groups in total. The van der Waals surface area contributed by atoms with Crippen LogP contribution in [0.2, 0.25) is 0 Å². The van der Waals surface area contributed by atoms with Crippen LogP contribution in [0.1, 0.15) is 57.7 Å². The molecule has 0 aliphatic carbocycles. The first kappa shape index (κ1) is 16.5. The molecule has 3 heterocycles. The van der Waals surface area contributed by atoms with E-state index >= 15 is 0 Å². The highest BCUT2D eigenvalue weighted by atomic mass is 16.6. The zero-order valence-electron chi connectivity index (χ0n) is 14.5. The summed E-state index contributed by atoms with van der Waals surface area (Å²) in [5.41, 5.74) is 1.97. The highest BCUT2D eigenvalue weighted by molar-refractivity contribution is 5.76. The second-order valence-electron chi connectivity index (χ2n) is 7.45. The Morgan fingerprint density at radius 1 is 1.42 bits per heavy atom. The summed E-state index contributed by atoms with van der Waals surface area (Å²) in [6.07, 6.45) is 7.28. The van der Waals surface area contributed by atoms with Gasteiger partial charge in [-0.15, -0.1) is 0 Å². The molecule has 2 unspecified atom stereocenters. The lowest BCUT2D eigenvalue weighted by Crippen LogP contribution is -2.53. The molecule has 1 fully saturated rings. The summed E-state index contributed by atoms with van der Waals surface area (Å²) in [7, 11) is 0. The summed E-state index contributed by atoms with van der Waals surface area (Å²) in [5, 5.41) is 9.30. The molecule has 0 saturated carbocycles. The van der Waals surface area contributed by atoms with Crippen molar-refractivity contribution in [2.24, 2.45) is 0 Å². The first-order valence-corrected chi connectivity index (χ1v) is 8.46. The van der Waals surface area contributed by atoms with E-state index in [1.165, 1.54) is 0 Å². The predicted octanol–water partition coefficient (Wildman–Crippen LogP) is 3.90. The van der Waals surface area contributed by atoms with E-state index in [2.05, 4.69) is 17.1 Å². The Balaban J connectivity index is 1.91. The fourth-order valence-corrected chi connectivity index (χ4v) is 3.58. The van der Waals surface area contributed by atoms with E-state index in [-0.39, 0.29) is 18.2 Å². The lowest BCUT2D eigenvalue weighted by Gasteiger charge is -2.45. The number of piperidine rings is 1. The molecule has 0 aromatic carbocycles. The van der Waals surface area contributed by atoms with Gasteiger partial charge in [-0.3, -0.25) is 4.90 Å². The van der Waals surface area contributed by atoms with E-state index in [1.54, 1.807) is 6.20 Å². The highest BCUT2D eigenvalue weighted by Gasteiger charge is 2.39. The number of pyridine rings is 1. The van der Waals surface area contributed by atoms with E-state index in [1.807, 2.05) is 37.8 Å². The van der Waals surface area contributed by atoms with E-state index in [0.717, 1.165) is 36.8 Å². The number of fused-ring (bicyclic) bond motifs is 2. The van der Waals surface area contributed by atoms with E-state index in [9.17, 15) is 10.1 Å². The molecule has 2 atom stereocenters. The standard InChI is InChI=1S/C19H23N3O2/c1-19(2,3)24-18(23)22-14-6-4-7-15(22)11-13(10-14)16-8-5-9-21-17(16)12-20/h5,8-10,14-15H,4,6-7,11H2,1-3H3. The van der Waals surface area contributed by atoms with Crippen LogP contribution in [0.25, 0.3) is 5.57 Å². The molecule has 0 spiro atoms. The Kier molecular flexibility index (Phi) is 4.31. The van der Waals surface area contributed by atoms with Crippen LogP contribution in [-0.4, -0.2) is 33.7 Å². The van der Waals surface area contributed by atoms with Crippen molar-refractivity contribution in [2.45, 2.75) is 64.1 Å². The molecule has 1 aromatic rings. The van der Waals surface area contributed by atoms with Gasteiger partial charge < -0.3 is 4.74 Å². The number of aromatic nitrogens is 1. The quantitative estimate of drug-likeness (QED) is 0.785.